The number of aryl methyl sites for hydroxylation is 2. The number of nitrogens with one attached hydrogen (secondary N) is 1. The van der Waals surface area contributed by atoms with Crippen LogP contribution in [-0.4, -0.2) is 6.04 Å². The van der Waals surface area contributed by atoms with Gasteiger partial charge >= 0.3 is 0 Å². The van der Waals surface area contributed by atoms with E-state index in [9.17, 15) is 0 Å². The van der Waals surface area contributed by atoms with Gasteiger partial charge in [-0.3, -0.25) is 0 Å². The Morgan fingerprint density at radius 3 is 2.84 bits per heavy atom. The Morgan fingerprint density at radius 2 is 1.89 bits per heavy atom. The van der Waals surface area contributed by atoms with Crippen LogP contribution in [0.1, 0.15) is 40.2 Å². The lowest BCUT2D eigenvalue weighted by atomic mass is 9.72. The fourth-order valence-electron chi connectivity index (χ4n) is 3.77. The van der Waals surface area contributed by atoms with Gasteiger partial charge in [0.1, 0.15) is 0 Å². The minimum atomic E-state index is 0.550. The highest BCUT2D eigenvalue weighted by Gasteiger charge is 2.34. The van der Waals surface area contributed by atoms with Gasteiger partial charge in [0.2, 0.25) is 0 Å². The van der Waals surface area contributed by atoms with Crippen molar-refractivity contribution >= 4 is 0 Å². The van der Waals surface area contributed by atoms with Crippen LogP contribution in [-0.2, 0) is 13.0 Å². The van der Waals surface area contributed by atoms with Gasteiger partial charge in [0.05, 0.1) is 0 Å². The van der Waals surface area contributed by atoms with Gasteiger partial charge in [-0.2, -0.15) is 0 Å². The van der Waals surface area contributed by atoms with Crippen molar-refractivity contribution in [1.82, 2.24) is 5.32 Å². The van der Waals surface area contributed by atoms with E-state index in [1.165, 1.54) is 29.5 Å². The van der Waals surface area contributed by atoms with Gasteiger partial charge < -0.3 is 5.32 Å². The number of hydrogen-bond donors (Lipinski definition) is 1. The Kier molecular flexibility index (Phi) is 2.49. The Balaban J connectivity index is 1.92. The second-order valence-corrected chi connectivity index (χ2v) is 5.90. The topological polar surface area (TPSA) is 12.0 Å². The third-order valence-electron chi connectivity index (χ3n) is 4.71. The summed E-state index contributed by atoms with van der Waals surface area (Å²) in [5.41, 5.74) is 7.49. The highest BCUT2D eigenvalue weighted by atomic mass is 14.9. The van der Waals surface area contributed by atoms with E-state index < -0.39 is 0 Å². The number of fused-ring (bicyclic) bond motifs is 5. The van der Waals surface area contributed by atoms with Gasteiger partial charge in [-0.15, -0.1) is 0 Å². The first-order chi connectivity index (χ1) is 9.33. The van der Waals surface area contributed by atoms with Crippen LogP contribution in [0.2, 0.25) is 0 Å². The summed E-state index contributed by atoms with van der Waals surface area (Å²) in [6.07, 6.45) is 2.47. The molecule has 1 heterocycles. The lowest BCUT2D eigenvalue weighted by Crippen LogP contribution is -2.42. The number of rotatable bonds is 0. The smallest absolute Gasteiger partial charge is 0.0249 e. The van der Waals surface area contributed by atoms with Crippen LogP contribution in [0, 0.1) is 6.92 Å². The van der Waals surface area contributed by atoms with E-state index in [0.717, 1.165) is 6.54 Å². The second kappa shape index (κ2) is 4.21. The molecule has 1 nitrogen and oxygen atoms in total. The molecule has 2 aromatic rings. The minimum Gasteiger partial charge on any atom is -0.309 e. The molecular formula is C18H19N. The summed E-state index contributed by atoms with van der Waals surface area (Å²) in [6, 6.07) is 16.5. The summed E-state index contributed by atoms with van der Waals surface area (Å²) in [5, 5.41) is 3.74. The molecule has 0 aromatic heterocycles. The molecule has 1 aliphatic heterocycles. The fourth-order valence-corrected chi connectivity index (χ4v) is 3.77. The summed E-state index contributed by atoms with van der Waals surface area (Å²) >= 11 is 0. The quantitative estimate of drug-likeness (QED) is 0.753. The molecule has 2 atom stereocenters. The monoisotopic (exact) mass is 249 g/mol. The van der Waals surface area contributed by atoms with E-state index in [1.54, 1.807) is 11.1 Å². The van der Waals surface area contributed by atoms with Crippen LogP contribution in [0.4, 0.5) is 0 Å². The molecule has 0 saturated carbocycles. The molecule has 2 aliphatic rings. The van der Waals surface area contributed by atoms with Crippen molar-refractivity contribution in [2.24, 2.45) is 0 Å². The molecule has 1 N–H and O–H groups in total. The summed E-state index contributed by atoms with van der Waals surface area (Å²) < 4.78 is 0. The van der Waals surface area contributed by atoms with Crippen molar-refractivity contribution in [1.29, 1.82) is 0 Å². The normalized spacial score (nSPS) is 24.3. The van der Waals surface area contributed by atoms with E-state index in [0.29, 0.717) is 12.0 Å². The van der Waals surface area contributed by atoms with Crippen molar-refractivity contribution in [3.05, 3.63) is 70.3 Å². The Morgan fingerprint density at radius 1 is 1.00 bits per heavy atom. The van der Waals surface area contributed by atoms with Crippen molar-refractivity contribution in [3.8, 4) is 0 Å². The zero-order chi connectivity index (χ0) is 12.8. The highest BCUT2D eigenvalue weighted by Crippen LogP contribution is 2.40. The molecule has 0 bridgehead atoms. The maximum absolute atomic E-state index is 3.74. The van der Waals surface area contributed by atoms with Gasteiger partial charge in [-0.05, 0) is 42.0 Å². The van der Waals surface area contributed by atoms with Crippen molar-refractivity contribution in [3.63, 3.8) is 0 Å². The lowest BCUT2D eigenvalue weighted by molar-refractivity contribution is 0.394. The summed E-state index contributed by atoms with van der Waals surface area (Å²) in [4.78, 5) is 0. The number of benzene rings is 2. The minimum absolute atomic E-state index is 0.550. The van der Waals surface area contributed by atoms with Gasteiger partial charge in [0.15, 0.2) is 0 Å². The average Bonchev–Trinajstić information content (AvgIpc) is 2.46. The zero-order valence-electron chi connectivity index (χ0n) is 11.3. The molecule has 19 heavy (non-hydrogen) atoms. The molecule has 0 saturated heterocycles. The molecule has 1 heteroatoms. The van der Waals surface area contributed by atoms with Gasteiger partial charge in [0, 0.05) is 18.5 Å². The first-order valence-corrected chi connectivity index (χ1v) is 7.23. The summed E-state index contributed by atoms with van der Waals surface area (Å²) in [7, 11) is 0. The number of hydrogen-bond acceptors (Lipinski definition) is 1. The molecule has 0 spiro atoms. The van der Waals surface area contributed by atoms with Crippen LogP contribution >= 0.6 is 0 Å². The largest absolute Gasteiger partial charge is 0.309 e. The Hall–Kier alpha value is -1.60. The van der Waals surface area contributed by atoms with Crippen LogP contribution in [0.5, 0.6) is 0 Å². The fraction of sp³-hybridized carbons (Fsp3) is 0.333. The molecule has 4 rings (SSSR count). The third kappa shape index (κ3) is 1.73. The molecule has 96 valence electrons. The summed E-state index contributed by atoms with van der Waals surface area (Å²) in [5.74, 6) is 0.550. The van der Waals surface area contributed by atoms with Gasteiger partial charge in [-0.1, -0.05) is 48.0 Å². The molecule has 0 unspecified atom stereocenters. The molecule has 0 radical (unpaired) electrons. The van der Waals surface area contributed by atoms with Crippen molar-refractivity contribution in [2.45, 2.75) is 38.3 Å². The summed E-state index contributed by atoms with van der Waals surface area (Å²) in [6.45, 7) is 3.23. The standard InChI is InChI=1S/C18H19N/c1-12-6-7-14-11-19-17-9-8-13-4-2-3-5-15(13)18(17)16(14)10-12/h2-7,10,17-19H,8-9,11H2,1H3/t17-,18+/m1/s1. The maximum atomic E-state index is 3.74. The van der Waals surface area contributed by atoms with Crippen LogP contribution in [0.15, 0.2) is 42.5 Å². The van der Waals surface area contributed by atoms with Gasteiger partial charge in [0.25, 0.3) is 0 Å². The third-order valence-corrected chi connectivity index (χ3v) is 4.71. The molecule has 0 fully saturated rings. The predicted molar refractivity (Wildman–Crippen MR) is 78.4 cm³/mol. The van der Waals surface area contributed by atoms with E-state index in [4.69, 9.17) is 0 Å². The SMILES string of the molecule is Cc1ccc2c(c1)[C@@H]1c3ccccc3CC[C@H]1NC2. The maximum Gasteiger partial charge on any atom is 0.0249 e. The zero-order valence-corrected chi connectivity index (χ0v) is 11.3. The molecule has 2 aromatic carbocycles. The second-order valence-electron chi connectivity index (χ2n) is 5.90. The molecular weight excluding hydrogens is 230 g/mol. The van der Waals surface area contributed by atoms with E-state index in [2.05, 4.69) is 54.7 Å². The predicted octanol–water partition coefficient (Wildman–Crippen LogP) is 3.54. The van der Waals surface area contributed by atoms with Crippen LogP contribution in [0.3, 0.4) is 0 Å². The van der Waals surface area contributed by atoms with E-state index in [1.807, 2.05) is 0 Å². The van der Waals surface area contributed by atoms with E-state index >= 15 is 0 Å². The molecule has 1 aliphatic carbocycles. The van der Waals surface area contributed by atoms with Crippen LogP contribution in [0.25, 0.3) is 0 Å². The average molecular weight is 249 g/mol. The van der Waals surface area contributed by atoms with E-state index in [-0.39, 0.29) is 0 Å². The molecule has 0 amide bonds. The Bertz CT molecular complexity index is 629. The van der Waals surface area contributed by atoms with Crippen molar-refractivity contribution in [2.75, 3.05) is 0 Å². The lowest BCUT2D eigenvalue weighted by Gasteiger charge is -2.39. The first-order valence-electron chi connectivity index (χ1n) is 7.23. The van der Waals surface area contributed by atoms with Gasteiger partial charge in [-0.25, -0.2) is 0 Å². The van der Waals surface area contributed by atoms with Crippen molar-refractivity contribution < 1.29 is 0 Å². The highest BCUT2D eigenvalue weighted by molar-refractivity contribution is 5.47. The Labute approximate surface area is 114 Å². The first kappa shape index (κ1) is 11.2. The van der Waals surface area contributed by atoms with Crippen LogP contribution < -0.4 is 5.32 Å².